The van der Waals surface area contributed by atoms with Crippen molar-refractivity contribution in [1.82, 2.24) is 0 Å². The van der Waals surface area contributed by atoms with Crippen LogP contribution >= 0.6 is 0 Å². The van der Waals surface area contributed by atoms with Crippen molar-refractivity contribution in [3.63, 3.8) is 0 Å². The van der Waals surface area contributed by atoms with Crippen LogP contribution in [0.25, 0.3) is 0 Å². The van der Waals surface area contributed by atoms with Crippen molar-refractivity contribution >= 4 is 12.3 Å². The highest BCUT2D eigenvalue weighted by Crippen LogP contribution is 2.40. The largest absolute Gasteiger partial charge is 0.423 e. The Labute approximate surface area is 194 Å². The van der Waals surface area contributed by atoms with Gasteiger partial charge in [-0.15, -0.1) is 0 Å². The van der Waals surface area contributed by atoms with Crippen LogP contribution < -0.4 is 4.74 Å². The Balaban J connectivity index is 0.00000249. The lowest BCUT2D eigenvalue weighted by atomic mass is 9.72. The zero-order valence-electron chi connectivity index (χ0n) is 20.7. The molecule has 172 valence electrons. The Morgan fingerprint density at radius 3 is 2.28 bits per heavy atom. The zero-order chi connectivity index (χ0) is 24.1. The highest BCUT2D eigenvalue weighted by atomic mass is 16.5. The number of hydrogen-bond donors (Lipinski definition) is 0. The van der Waals surface area contributed by atoms with Crippen LogP contribution in [0.1, 0.15) is 78.1 Å². The second-order valence-corrected chi connectivity index (χ2v) is 8.53. The van der Waals surface area contributed by atoms with Crippen LogP contribution in [-0.4, -0.2) is 12.3 Å². The van der Waals surface area contributed by atoms with E-state index in [-0.39, 0.29) is 5.41 Å². The first-order valence-electron chi connectivity index (χ1n) is 11.4. The summed E-state index contributed by atoms with van der Waals surface area (Å²) in [4.78, 5) is 22.7. The lowest BCUT2D eigenvalue weighted by Crippen LogP contribution is -2.19. The second-order valence-electron chi connectivity index (χ2n) is 8.53. The Hall–Kier alpha value is -2.94. The molecule has 0 heterocycles. The van der Waals surface area contributed by atoms with Crippen molar-refractivity contribution < 1.29 is 14.3 Å². The third-order valence-corrected chi connectivity index (χ3v) is 5.35. The van der Waals surface area contributed by atoms with Crippen LogP contribution in [0.3, 0.4) is 0 Å². The molecule has 0 aliphatic heterocycles. The zero-order valence-corrected chi connectivity index (χ0v) is 20.7. The smallest absolute Gasteiger partial charge is 0.336 e. The Morgan fingerprint density at radius 1 is 1.03 bits per heavy atom. The quantitative estimate of drug-likeness (QED) is 0.144. The van der Waals surface area contributed by atoms with E-state index in [1.165, 1.54) is 36.5 Å². The predicted octanol–water partition coefficient (Wildman–Crippen LogP) is 7.96. The maximum Gasteiger partial charge on any atom is 0.336 e. The molecule has 3 nitrogen and oxygen atoms in total. The molecule has 3 heteroatoms. The molecule has 0 saturated heterocycles. The number of carbonyl (C=O) groups is 2. The number of benzene rings is 1. The van der Waals surface area contributed by atoms with Gasteiger partial charge < -0.3 is 4.74 Å². The van der Waals surface area contributed by atoms with Crippen LogP contribution in [0, 0.1) is 5.41 Å². The summed E-state index contributed by atoms with van der Waals surface area (Å²) in [5.74, 6) is -0.0340. The average Bonchev–Trinajstić information content (AvgIpc) is 2.74. The highest BCUT2D eigenvalue weighted by Gasteiger charge is 2.26. The normalized spacial score (nSPS) is 16.7. The summed E-state index contributed by atoms with van der Waals surface area (Å²) in [6.45, 7) is 14.8. The Bertz CT molecular complexity index is 920. The van der Waals surface area contributed by atoms with Gasteiger partial charge in [0.15, 0.2) is 0 Å². The SMILES string of the molecule is CC.CC1=C(/C=C/C(C)=C/C=C/C(C)=C/C(=O)Oc2ccc(C=O)cc2)C(C)(C)CCC1. The van der Waals surface area contributed by atoms with Crippen molar-refractivity contribution in [2.75, 3.05) is 0 Å². The molecule has 0 unspecified atom stereocenters. The summed E-state index contributed by atoms with van der Waals surface area (Å²) in [7, 11) is 0. The molecule has 0 bridgehead atoms. The molecule has 0 amide bonds. The summed E-state index contributed by atoms with van der Waals surface area (Å²) in [6, 6.07) is 6.42. The summed E-state index contributed by atoms with van der Waals surface area (Å²) < 4.78 is 5.25. The number of ether oxygens (including phenoxy) is 1. The second kappa shape index (κ2) is 13.5. The van der Waals surface area contributed by atoms with Gasteiger partial charge in [-0.05, 0) is 80.9 Å². The molecule has 0 aromatic heterocycles. The molecule has 0 saturated carbocycles. The molecule has 32 heavy (non-hydrogen) atoms. The van der Waals surface area contributed by atoms with Crippen molar-refractivity contribution in [2.45, 2.75) is 67.7 Å². The number of esters is 1. The lowest BCUT2D eigenvalue weighted by molar-refractivity contribution is -0.129. The first kappa shape index (κ1) is 27.1. The van der Waals surface area contributed by atoms with E-state index in [2.05, 4.69) is 39.8 Å². The minimum Gasteiger partial charge on any atom is -0.423 e. The molecule has 0 spiro atoms. The first-order valence-corrected chi connectivity index (χ1v) is 11.4. The summed E-state index contributed by atoms with van der Waals surface area (Å²) >= 11 is 0. The van der Waals surface area contributed by atoms with E-state index in [1.807, 2.05) is 39.0 Å². The monoisotopic (exact) mass is 434 g/mol. The van der Waals surface area contributed by atoms with E-state index >= 15 is 0 Å². The average molecular weight is 435 g/mol. The van der Waals surface area contributed by atoms with Gasteiger partial charge in [0.25, 0.3) is 0 Å². The molecule has 2 rings (SSSR count). The standard InChI is InChI=1S/C27H32O3.C2H6/c1-20(11-16-25-22(3)10-7-17-27(25,4)5)8-6-9-21(2)18-26(29)30-24-14-12-23(19-28)13-15-24;1-2/h6,8-9,11-16,18-19H,7,10,17H2,1-5H3;1-2H3/b9-6+,16-11+,20-8+,21-18+;. The van der Waals surface area contributed by atoms with Crippen LogP contribution in [0.2, 0.25) is 0 Å². The van der Waals surface area contributed by atoms with E-state index in [9.17, 15) is 9.59 Å². The molecule has 0 atom stereocenters. The van der Waals surface area contributed by atoms with Crippen LogP contribution in [-0.2, 0) is 4.79 Å². The molecular weight excluding hydrogens is 396 g/mol. The van der Waals surface area contributed by atoms with E-state index in [0.717, 1.165) is 17.4 Å². The Morgan fingerprint density at radius 2 is 1.69 bits per heavy atom. The fourth-order valence-corrected chi connectivity index (χ4v) is 3.63. The van der Waals surface area contributed by atoms with Gasteiger partial charge in [0.05, 0.1) is 0 Å². The molecule has 0 fully saturated rings. The summed E-state index contributed by atoms with van der Waals surface area (Å²) in [5, 5.41) is 0. The number of allylic oxidation sites excluding steroid dienone is 9. The fraction of sp³-hybridized carbons (Fsp3) is 0.379. The molecular formula is C29H38O3. The van der Waals surface area contributed by atoms with E-state index in [4.69, 9.17) is 4.74 Å². The van der Waals surface area contributed by atoms with Gasteiger partial charge in [-0.3, -0.25) is 4.79 Å². The summed E-state index contributed by atoms with van der Waals surface area (Å²) in [5.41, 5.74) is 5.67. The van der Waals surface area contributed by atoms with Gasteiger partial charge in [-0.25, -0.2) is 4.79 Å². The van der Waals surface area contributed by atoms with Crippen LogP contribution in [0.4, 0.5) is 0 Å². The summed E-state index contributed by atoms with van der Waals surface area (Å²) in [6.07, 6.45) is 16.1. The fourth-order valence-electron chi connectivity index (χ4n) is 3.63. The first-order chi connectivity index (χ1) is 15.2. The Kier molecular flexibility index (Phi) is 11.4. The van der Waals surface area contributed by atoms with E-state index in [1.54, 1.807) is 24.3 Å². The molecule has 0 N–H and O–H groups in total. The minimum atomic E-state index is -0.446. The predicted molar refractivity (Wildman–Crippen MR) is 135 cm³/mol. The van der Waals surface area contributed by atoms with Crippen molar-refractivity contribution in [3.05, 3.63) is 88.6 Å². The molecule has 0 radical (unpaired) electrons. The molecule has 1 aromatic carbocycles. The number of hydrogen-bond acceptors (Lipinski definition) is 3. The maximum absolute atomic E-state index is 12.0. The maximum atomic E-state index is 12.0. The molecule has 1 aromatic rings. The van der Waals surface area contributed by atoms with Gasteiger partial charge >= 0.3 is 5.97 Å². The van der Waals surface area contributed by atoms with Crippen molar-refractivity contribution in [1.29, 1.82) is 0 Å². The van der Waals surface area contributed by atoms with Gasteiger partial charge in [0, 0.05) is 11.6 Å². The van der Waals surface area contributed by atoms with E-state index < -0.39 is 5.97 Å². The topological polar surface area (TPSA) is 43.4 Å². The number of aldehydes is 1. The molecule has 1 aliphatic rings. The number of carbonyl (C=O) groups excluding carboxylic acids is 2. The third kappa shape index (κ3) is 9.05. The van der Waals surface area contributed by atoms with Gasteiger partial charge in [-0.1, -0.05) is 69.2 Å². The molecule has 1 aliphatic carbocycles. The number of rotatable bonds is 7. The highest BCUT2D eigenvalue weighted by molar-refractivity contribution is 5.85. The van der Waals surface area contributed by atoms with Gasteiger partial charge in [0.2, 0.25) is 0 Å². The van der Waals surface area contributed by atoms with Crippen LogP contribution in [0.15, 0.2) is 83.0 Å². The van der Waals surface area contributed by atoms with Crippen molar-refractivity contribution in [3.8, 4) is 5.75 Å². The van der Waals surface area contributed by atoms with E-state index in [0.29, 0.717) is 11.3 Å². The van der Waals surface area contributed by atoms with Crippen LogP contribution in [0.5, 0.6) is 5.75 Å². The van der Waals surface area contributed by atoms with Crippen molar-refractivity contribution in [2.24, 2.45) is 5.41 Å². The lowest BCUT2D eigenvalue weighted by Gasteiger charge is -2.32. The third-order valence-electron chi connectivity index (χ3n) is 5.35. The minimum absolute atomic E-state index is 0.238. The van der Waals surface area contributed by atoms with Gasteiger partial charge in [0.1, 0.15) is 12.0 Å². The van der Waals surface area contributed by atoms with Gasteiger partial charge in [-0.2, -0.15) is 0 Å².